The van der Waals surface area contributed by atoms with Crippen LogP contribution in [0.4, 0.5) is 4.39 Å². The van der Waals surface area contributed by atoms with E-state index in [0.717, 1.165) is 18.4 Å². The third-order valence-electron chi connectivity index (χ3n) is 2.03. The fraction of sp³-hybridized carbons (Fsp3) is 0.556. The number of allylic oxidation sites excluding steroid dienone is 2. The molecule has 62 valence electrons. The van der Waals surface area contributed by atoms with Gasteiger partial charge in [-0.3, -0.25) is 0 Å². The van der Waals surface area contributed by atoms with E-state index in [0.29, 0.717) is 12.0 Å². The second-order valence-electron chi connectivity index (χ2n) is 2.80. The van der Waals surface area contributed by atoms with Crippen LogP contribution in [0.25, 0.3) is 0 Å². The van der Waals surface area contributed by atoms with Crippen LogP contribution in [-0.4, -0.2) is 17.9 Å². The molecule has 1 atom stereocenters. The van der Waals surface area contributed by atoms with Gasteiger partial charge in [0.25, 0.3) is 0 Å². The van der Waals surface area contributed by atoms with Crippen LogP contribution >= 0.6 is 0 Å². The fourth-order valence-corrected chi connectivity index (χ4v) is 1.35. The predicted octanol–water partition coefficient (Wildman–Crippen LogP) is 1.98. The molecular weight excluding hydrogens is 143 g/mol. The number of aliphatic hydroxyl groups excluding tert-OH is 1. The molecule has 0 bridgehead atoms. The number of hydrogen-bond donors (Lipinski definition) is 1. The van der Waals surface area contributed by atoms with E-state index in [4.69, 9.17) is 5.11 Å². The zero-order chi connectivity index (χ0) is 8.27. The van der Waals surface area contributed by atoms with Crippen LogP contribution in [0, 0.1) is 0 Å². The lowest BCUT2D eigenvalue weighted by atomic mass is 9.89. The second kappa shape index (κ2) is 3.67. The van der Waals surface area contributed by atoms with Gasteiger partial charge in [-0.1, -0.05) is 12.7 Å². The van der Waals surface area contributed by atoms with Crippen molar-refractivity contribution in [1.82, 2.24) is 0 Å². The molecule has 1 aliphatic rings. The molecule has 0 aromatic rings. The van der Waals surface area contributed by atoms with E-state index in [1.54, 1.807) is 6.08 Å². The van der Waals surface area contributed by atoms with Crippen molar-refractivity contribution < 1.29 is 9.50 Å². The van der Waals surface area contributed by atoms with Gasteiger partial charge in [-0.2, -0.15) is 0 Å². The van der Waals surface area contributed by atoms with Crippen LogP contribution in [0.2, 0.25) is 0 Å². The number of alkyl halides is 1. The third-order valence-corrected chi connectivity index (χ3v) is 2.03. The first kappa shape index (κ1) is 8.47. The van der Waals surface area contributed by atoms with Gasteiger partial charge in [0.1, 0.15) is 6.17 Å². The normalized spacial score (nSPS) is 29.5. The number of rotatable bonds is 1. The fourth-order valence-electron chi connectivity index (χ4n) is 1.35. The van der Waals surface area contributed by atoms with E-state index in [9.17, 15) is 4.39 Å². The van der Waals surface area contributed by atoms with Crippen LogP contribution < -0.4 is 0 Å². The van der Waals surface area contributed by atoms with Gasteiger partial charge in [0.2, 0.25) is 0 Å². The van der Waals surface area contributed by atoms with E-state index in [1.165, 1.54) is 0 Å². The van der Waals surface area contributed by atoms with Crippen molar-refractivity contribution in [1.29, 1.82) is 0 Å². The average Bonchev–Trinajstić information content (AvgIpc) is 1.99. The lowest BCUT2D eigenvalue weighted by molar-refractivity contribution is 0.329. The van der Waals surface area contributed by atoms with Crippen LogP contribution in [0.15, 0.2) is 23.8 Å². The molecule has 0 spiro atoms. The first-order valence-electron chi connectivity index (χ1n) is 3.89. The highest BCUT2D eigenvalue weighted by Gasteiger charge is 2.19. The van der Waals surface area contributed by atoms with Crippen LogP contribution in [-0.2, 0) is 0 Å². The summed E-state index contributed by atoms with van der Waals surface area (Å²) in [6, 6.07) is 0. The van der Waals surface area contributed by atoms with Crippen LogP contribution in [0.5, 0.6) is 0 Å². The Morgan fingerprint density at radius 1 is 1.73 bits per heavy atom. The first-order chi connectivity index (χ1) is 5.25. The highest BCUT2D eigenvalue weighted by atomic mass is 19.1. The molecule has 0 amide bonds. The zero-order valence-electron chi connectivity index (χ0n) is 6.52. The molecule has 0 heterocycles. The van der Waals surface area contributed by atoms with Crippen molar-refractivity contribution in [3.63, 3.8) is 0 Å². The van der Waals surface area contributed by atoms with Crippen molar-refractivity contribution in [3.05, 3.63) is 23.8 Å². The summed E-state index contributed by atoms with van der Waals surface area (Å²) in [7, 11) is 0. The summed E-state index contributed by atoms with van der Waals surface area (Å²) in [6.45, 7) is 3.63. The van der Waals surface area contributed by atoms with Gasteiger partial charge in [-0.15, -0.1) is 0 Å². The molecular formula is C9H13FO. The van der Waals surface area contributed by atoms with Crippen LogP contribution in [0.3, 0.4) is 0 Å². The van der Waals surface area contributed by atoms with Crippen molar-refractivity contribution >= 4 is 0 Å². The molecule has 1 rings (SSSR count). The maximum atomic E-state index is 12.9. The minimum Gasteiger partial charge on any atom is -0.392 e. The van der Waals surface area contributed by atoms with Gasteiger partial charge in [-0.05, 0) is 30.4 Å². The second-order valence-corrected chi connectivity index (χ2v) is 2.80. The molecule has 1 saturated carbocycles. The Kier molecular flexibility index (Phi) is 2.83. The highest BCUT2D eigenvalue weighted by Crippen LogP contribution is 2.29. The van der Waals surface area contributed by atoms with E-state index >= 15 is 0 Å². The standard InChI is InChI=1S/C9H13FO/c1-7-8(5-6-11)3-2-4-9(7)10/h5,9,11H,1-4,6H2/b8-5-. The summed E-state index contributed by atoms with van der Waals surface area (Å²) >= 11 is 0. The lowest BCUT2D eigenvalue weighted by Crippen LogP contribution is -2.12. The van der Waals surface area contributed by atoms with E-state index in [1.807, 2.05) is 0 Å². The Labute approximate surface area is 66.2 Å². The van der Waals surface area contributed by atoms with Crippen LogP contribution in [0.1, 0.15) is 19.3 Å². The number of aliphatic hydroxyl groups is 1. The van der Waals surface area contributed by atoms with Crippen molar-refractivity contribution in [2.45, 2.75) is 25.4 Å². The lowest BCUT2D eigenvalue weighted by Gasteiger charge is -2.20. The van der Waals surface area contributed by atoms with Gasteiger partial charge < -0.3 is 5.11 Å². The maximum Gasteiger partial charge on any atom is 0.125 e. The quantitative estimate of drug-likeness (QED) is 0.615. The summed E-state index contributed by atoms with van der Waals surface area (Å²) in [5, 5.41) is 8.58. The van der Waals surface area contributed by atoms with Gasteiger partial charge in [0.15, 0.2) is 0 Å². The molecule has 1 N–H and O–H groups in total. The Morgan fingerprint density at radius 3 is 3.09 bits per heavy atom. The molecule has 1 nitrogen and oxygen atoms in total. The molecule has 0 radical (unpaired) electrons. The van der Waals surface area contributed by atoms with Gasteiger partial charge in [0, 0.05) is 0 Å². The van der Waals surface area contributed by atoms with Gasteiger partial charge >= 0.3 is 0 Å². The highest BCUT2D eigenvalue weighted by molar-refractivity contribution is 5.33. The topological polar surface area (TPSA) is 20.2 Å². The Hall–Kier alpha value is -0.630. The first-order valence-corrected chi connectivity index (χ1v) is 3.89. The SMILES string of the molecule is C=C1/C(=C\CO)CCCC1F. The molecule has 0 aromatic carbocycles. The summed E-state index contributed by atoms with van der Waals surface area (Å²) in [4.78, 5) is 0. The van der Waals surface area contributed by atoms with E-state index < -0.39 is 6.17 Å². The summed E-state index contributed by atoms with van der Waals surface area (Å²) in [5.74, 6) is 0. The maximum absolute atomic E-state index is 12.9. The Morgan fingerprint density at radius 2 is 2.45 bits per heavy atom. The molecule has 0 aromatic heterocycles. The Bertz CT molecular complexity index is 184. The monoisotopic (exact) mass is 156 g/mol. The van der Waals surface area contributed by atoms with Crippen molar-refractivity contribution in [2.24, 2.45) is 0 Å². The molecule has 11 heavy (non-hydrogen) atoms. The average molecular weight is 156 g/mol. The zero-order valence-corrected chi connectivity index (χ0v) is 6.52. The molecule has 1 aliphatic carbocycles. The molecule has 1 unspecified atom stereocenters. The number of halogens is 1. The smallest absolute Gasteiger partial charge is 0.125 e. The minimum absolute atomic E-state index is 0.0128. The predicted molar refractivity (Wildman–Crippen MR) is 43.1 cm³/mol. The molecule has 0 saturated heterocycles. The van der Waals surface area contributed by atoms with E-state index in [-0.39, 0.29) is 6.61 Å². The minimum atomic E-state index is -0.887. The van der Waals surface area contributed by atoms with E-state index in [2.05, 4.69) is 6.58 Å². The molecule has 0 aliphatic heterocycles. The molecule has 2 heteroatoms. The largest absolute Gasteiger partial charge is 0.392 e. The van der Waals surface area contributed by atoms with Gasteiger partial charge in [-0.25, -0.2) is 4.39 Å². The van der Waals surface area contributed by atoms with Crippen molar-refractivity contribution in [3.8, 4) is 0 Å². The summed E-state index contributed by atoms with van der Waals surface area (Å²) in [6.07, 6.45) is 3.07. The Balaban J connectivity index is 2.66. The van der Waals surface area contributed by atoms with Crippen molar-refractivity contribution in [2.75, 3.05) is 6.61 Å². The number of hydrogen-bond acceptors (Lipinski definition) is 1. The summed E-state index contributed by atoms with van der Waals surface area (Å²) in [5.41, 5.74) is 1.46. The third kappa shape index (κ3) is 1.90. The molecule has 1 fully saturated rings. The summed E-state index contributed by atoms with van der Waals surface area (Å²) < 4.78 is 12.9. The van der Waals surface area contributed by atoms with Gasteiger partial charge in [0.05, 0.1) is 6.61 Å².